The third-order valence-electron chi connectivity index (χ3n) is 3.95. The quantitative estimate of drug-likeness (QED) is 0.648. The molecule has 2 aromatic rings. The lowest BCUT2D eigenvalue weighted by atomic mass is 10.1. The number of benzene rings is 1. The van der Waals surface area contributed by atoms with Gasteiger partial charge in [-0.1, -0.05) is 0 Å². The van der Waals surface area contributed by atoms with Crippen LogP contribution in [0, 0.1) is 0 Å². The Kier molecular flexibility index (Phi) is 4.88. The first kappa shape index (κ1) is 17.2. The molecule has 1 aliphatic heterocycles. The molecule has 0 spiro atoms. The van der Waals surface area contributed by atoms with Crippen molar-refractivity contribution in [3.05, 3.63) is 57.4 Å². The summed E-state index contributed by atoms with van der Waals surface area (Å²) in [6.07, 6.45) is -2.82. The Balaban J connectivity index is 1.91. The molecule has 25 heavy (non-hydrogen) atoms. The molecule has 1 aromatic heterocycles. The van der Waals surface area contributed by atoms with Crippen LogP contribution in [0.4, 0.5) is 0 Å². The predicted molar refractivity (Wildman–Crippen MR) is 85.7 cm³/mol. The summed E-state index contributed by atoms with van der Waals surface area (Å²) in [7, 11) is 1.54. The first-order valence-electron chi connectivity index (χ1n) is 7.60. The number of hydrogen-bond donors (Lipinski definition) is 3. The molecule has 1 aliphatic rings. The van der Waals surface area contributed by atoms with Gasteiger partial charge in [-0.25, -0.2) is 4.79 Å². The zero-order valence-electron chi connectivity index (χ0n) is 13.4. The van der Waals surface area contributed by atoms with Gasteiger partial charge in [0.25, 0.3) is 5.56 Å². The Morgan fingerprint density at radius 3 is 2.48 bits per heavy atom. The molecule has 0 aliphatic carbocycles. The van der Waals surface area contributed by atoms with Crippen LogP contribution in [0.25, 0.3) is 0 Å². The van der Waals surface area contributed by atoms with Crippen molar-refractivity contribution in [3.63, 3.8) is 0 Å². The number of nitrogens with one attached hydrogen (secondary N) is 1. The summed E-state index contributed by atoms with van der Waals surface area (Å²) in [4.78, 5) is 25.4. The second kappa shape index (κ2) is 7.09. The number of rotatable bonds is 5. The highest BCUT2D eigenvalue weighted by Crippen LogP contribution is 2.32. The summed E-state index contributed by atoms with van der Waals surface area (Å²) in [6.45, 7) is -0.446. The predicted octanol–water partition coefficient (Wildman–Crippen LogP) is -0.757. The second-order valence-electron chi connectivity index (χ2n) is 5.51. The van der Waals surface area contributed by atoms with Gasteiger partial charge in [-0.05, 0) is 24.3 Å². The molecule has 4 atom stereocenters. The van der Waals surface area contributed by atoms with Crippen LogP contribution >= 0.6 is 0 Å². The van der Waals surface area contributed by atoms with E-state index in [-0.39, 0.29) is 0 Å². The van der Waals surface area contributed by atoms with Crippen molar-refractivity contribution in [1.29, 1.82) is 0 Å². The number of aromatic nitrogens is 2. The summed E-state index contributed by atoms with van der Waals surface area (Å²) in [6, 6.07) is 7.81. The first-order valence-corrected chi connectivity index (χ1v) is 7.60. The number of ether oxygens (including phenoxy) is 3. The van der Waals surface area contributed by atoms with Crippen LogP contribution in [0.2, 0.25) is 0 Å². The van der Waals surface area contributed by atoms with Crippen molar-refractivity contribution in [2.24, 2.45) is 0 Å². The number of aliphatic hydroxyl groups excluding tert-OH is 2. The van der Waals surface area contributed by atoms with Crippen LogP contribution in [0.5, 0.6) is 11.5 Å². The Labute approximate surface area is 142 Å². The van der Waals surface area contributed by atoms with Gasteiger partial charge in [0, 0.05) is 12.3 Å². The lowest BCUT2D eigenvalue weighted by molar-refractivity contribution is -0.0523. The minimum absolute atomic E-state index is 0.425. The smallest absolute Gasteiger partial charge is 0.330 e. The summed E-state index contributed by atoms with van der Waals surface area (Å²) < 4.78 is 17.5. The maximum Gasteiger partial charge on any atom is 0.330 e. The van der Waals surface area contributed by atoms with E-state index in [0.29, 0.717) is 11.5 Å². The van der Waals surface area contributed by atoms with Gasteiger partial charge in [0.1, 0.15) is 23.7 Å². The molecule has 3 rings (SSSR count). The van der Waals surface area contributed by atoms with E-state index in [9.17, 15) is 19.8 Å². The standard InChI is InChI=1S/C16H18N2O7/c1-23-9-2-4-10(5-3-9)24-14-13(21)11(8-19)25-15(14)18-7-6-12(20)17-16(18)22/h2-7,11,13-15,19,21H,8H2,1H3,(H,17,20,22)/t11-,13-,14-,15-/m1/s1. The lowest BCUT2D eigenvalue weighted by Crippen LogP contribution is -2.41. The van der Waals surface area contributed by atoms with Crippen LogP contribution in [0.3, 0.4) is 0 Å². The Bertz CT molecular complexity index is 829. The van der Waals surface area contributed by atoms with Crippen molar-refractivity contribution >= 4 is 0 Å². The maximum atomic E-state index is 12.0. The van der Waals surface area contributed by atoms with Crippen molar-refractivity contribution in [3.8, 4) is 11.5 Å². The SMILES string of the molecule is COc1ccc(O[C@@H]2[C@H](O)[C@@H](CO)O[C@H]2n2ccc(=O)[nH]c2=O)cc1. The minimum Gasteiger partial charge on any atom is -0.497 e. The van der Waals surface area contributed by atoms with E-state index in [4.69, 9.17) is 14.2 Å². The molecule has 0 bridgehead atoms. The molecule has 2 heterocycles. The van der Waals surface area contributed by atoms with E-state index in [0.717, 1.165) is 10.6 Å². The molecular weight excluding hydrogens is 332 g/mol. The molecule has 0 saturated carbocycles. The van der Waals surface area contributed by atoms with E-state index < -0.39 is 42.4 Å². The zero-order valence-corrected chi connectivity index (χ0v) is 13.4. The van der Waals surface area contributed by atoms with Crippen LogP contribution in [-0.4, -0.2) is 51.8 Å². The van der Waals surface area contributed by atoms with Crippen molar-refractivity contribution < 1.29 is 24.4 Å². The third-order valence-corrected chi connectivity index (χ3v) is 3.95. The topological polar surface area (TPSA) is 123 Å². The van der Waals surface area contributed by atoms with Gasteiger partial charge in [0.15, 0.2) is 12.3 Å². The highest BCUT2D eigenvalue weighted by Gasteiger charge is 2.46. The van der Waals surface area contributed by atoms with Crippen LogP contribution in [0.15, 0.2) is 46.1 Å². The fourth-order valence-corrected chi connectivity index (χ4v) is 2.66. The fourth-order valence-electron chi connectivity index (χ4n) is 2.66. The number of hydrogen-bond acceptors (Lipinski definition) is 7. The van der Waals surface area contributed by atoms with E-state index in [1.165, 1.54) is 13.3 Å². The Hall–Kier alpha value is -2.62. The monoisotopic (exact) mass is 350 g/mol. The molecule has 3 N–H and O–H groups in total. The highest BCUT2D eigenvalue weighted by molar-refractivity contribution is 5.31. The molecule has 1 aromatic carbocycles. The van der Waals surface area contributed by atoms with Gasteiger partial charge < -0.3 is 24.4 Å². The van der Waals surface area contributed by atoms with E-state index in [1.54, 1.807) is 24.3 Å². The molecule has 1 fully saturated rings. The molecule has 0 radical (unpaired) electrons. The molecule has 1 saturated heterocycles. The highest BCUT2D eigenvalue weighted by atomic mass is 16.6. The molecule has 9 nitrogen and oxygen atoms in total. The van der Waals surface area contributed by atoms with E-state index >= 15 is 0 Å². The fraction of sp³-hybridized carbons (Fsp3) is 0.375. The summed E-state index contributed by atoms with van der Waals surface area (Å²) >= 11 is 0. The van der Waals surface area contributed by atoms with Crippen LogP contribution < -0.4 is 20.7 Å². The van der Waals surface area contributed by atoms with Crippen molar-refractivity contribution in [2.75, 3.05) is 13.7 Å². The van der Waals surface area contributed by atoms with Crippen molar-refractivity contribution in [1.82, 2.24) is 9.55 Å². The van der Waals surface area contributed by atoms with Gasteiger partial charge in [-0.3, -0.25) is 14.3 Å². The third kappa shape index (κ3) is 3.43. The molecule has 9 heteroatoms. The van der Waals surface area contributed by atoms with Gasteiger partial charge in [0.2, 0.25) is 0 Å². The number of aromatic amines is 1. The normalized spacial score (nSPS) is 25.7. The summed E-state index contributed by atoms with van der Waals surface area (Å²) in [5.41, 5.74) is -1.25. The van der Waals surface area contributed by atoms with Crippen molar-refractivity contribution in [2.45, 2.75) is 24.5 Å². The Morgan fingerprint density at radius 1 is 1.20 bits per heavy atom. The average molecular weight is 350 g/mol. The first-order chi connectivity index (χ1) is 12.0. The second-order valence-corrected chi connectivity index (χ2v) is 5.51. The number of nitrogens with zero attached hydrogens (tertiary/aromatic N) is 1. The lowest BCUT2D eigenvalue weighted by Gasteiger charge is -2.23. The van der Waals surface area contributed by atoms with Gasteiger partial charge in [-0.15, -0.1) is 0 Å². The molecule has 134 valence electrons. The van der Waals surface area contributed by atoms with Crippen LogP contribution in [-0.2, 0) is 4.74 Å². The summed E-state index contributed by atoms with van der Waals surface area (Å²) in [5, 5.41) is 19.7. The van der Waals surface area contributed by atoms with Gasteiger partial charge in [0.05, 0.1) is 13.7 Å². The Morgan fingerprint density at radius 2 is 1.88 bits per heavy atom. The average Bonchev–Trinajstić information content (AvgIpc) is 2.92. The van der Waals surface area contributed by atoms with E-state index in [2.05, 4.69) is 4.98 Å². The number of methoxy groups -OCH3 is 1. The summed E-state index contributed by atoms with van der Waals surface area (Å²) in [5.74, 6) is 1.06. The molecule has 0 amide bonds. The van der Waals surface area contributed by atoms with Gasteiger partial charge >= 0.3 is 5.69 Å². The maximum absolute atomic E-state index is 12.0. The zero-order chi connectivity index (χ0) is 18.0. The minimum atomic E-state index is -1.17. The molecule has 0 unspecified atom stereocenters. The largest absolute Gasteiger partial charge is 0.497 e. The van der Waals surface area contributed by atoms with E-state index in [1.807, 2.05) is 0 Å². The molecular formula is C16H18N2O7. The van der Waals surface area contributed by atoms with Crippen LogP contribution in [0.1, 0.15) is 6.23 Å². The van der Waals surface area contributed by atoms with Gasteiger partial charge in [-0.2, -0.15) is 0 Å². The number of H-pyrrole nitrogens is 1. The number of aliphatic hydroxyl groups is 2.